The number of aryl methyl sites for hydroxylation is 1. The lowest BCUT2D eigenvalue weighted by molar-refractivity contribution is -0.385. The summed E-state index contributed by atoms with van der Waals surface area (Å²) in [7, 11) is 0. The van der Waals surface area contributed by atoms with E-state index in [-0.39, 0.29) is 12.2 Å². The largest absolute Gasteiger partial charge is 0.389 e. The van der Waals surface area contributed by atoms with E-state index in [0.29, 0.717) is 11.1 Å². The lowest BCUT2D eigenvalue weighted by Crippen LogP contribution is -2.27. The van der Waals surface area contributed by atoms with Gasteiger partial charge in [-0.2, -0.15) is 0 Å². The van der Waals surface area contributed by atoms with E-state index in [4.69, 9.17) is 5.73 Å². The van der Waals surface area contributed by atoms with Crippen molar-refractivity contribution < 1.29 is 15.1 Å². The fraction of sp³-hybridized carbons (Fsp3) is 0.400. The third kappa shape index (κ3) is 2.54. The SMILES string of the molecule is Cc1ccc([N+](=O)[O-])cc1C(O)C(O)CN. The Kier molecular flexibility index (Phi) is 3.94. The van der Waals surface area contributed by atoms with Crippen LogP contribution in [-0.4, -0.2) is 27.8 Å². The fourth-order valence-electron chi connectivity index (χ4n) is 1.40. The fourth-order valence-corrected chi connectivity index (χ4v) is 1.40. The minimum Gasteiger partial charge on any atom is -0.389 e. The van der Waals surface area contributed by atoms with Gasteiger partial charge in [0.1, 0.15) is 6.10 Å². The van der Waals surface area contributed by atoms with E-state index in [1.54, 1.807) is 6.92 Å². The molecule has 0 saturated carbocycles. The molecule has 0 spiro atoms. The quantitative estimate of drug-likeness (QED) is 0.503. The lowest BCUT2D eigenvalue weighted by atomic mass is 9.99. The number of benzene rings is 1. The molecule has 88 valence electrons. The molecule has 0 bridgehead atoms. The van der Waals surface area contributed by atoms with Crippen molar-refractivity contribution in [3.63, 3.8) is 0 Å². The highest BCUT2D eigenvalue weighted by Crippen LogP contribution is 2.25. The van der Waals surface area contributed by atoms with Crippen molar-refractivity contribution in [2.45, 2.75) is 19.1 Å². The van der Waals surface area contributed by atoms with Crippen LogP contribution in [0.1, 0.15) is 17.2 Å². The van der Waals surface area contributed by atoms with Gasteiger partial charge in [-0.1, -0.05) is 6.07 Å². The van der Waals surface area contributed by atoms with Crippen LogP contribution in [-0.2, 0) is 0 Å². The van der Waals surface area contributed by atoms with E-state index in [9.17, 15) is 20.3 Å². The van der Waals surface area contributed by atoms with Crippen LogP contribution in [0.2, 0.25) is 0 Å². The van der Waals surface area contributed by atoms with Crippen LogP contribution >= 0.6 is 0 Å². The topological polar surface area (TPSA) is 110 Å². The summed E-state index contributed by atoms with van der Waals surface area (Å²) in [6.45, 7) is 1.59. The third-order valence-electron chi connectivity index (χ3n) is 2.40. The number of nitrogens with zero attached hydrogens (tertiary/aromatic N) is 1. The summed E-state index contributed by atoms with van der Waals surface area (Å²) in [6.07, 6.45) is -2.33. The molecule has 0 aliphatic carbocycles. The number of aliphatic hydroxyl groups is 2. The van der Waals surface area contributed by atoms with Crippen molar-refractivity contribution in [1.29, 1.82) is 0 Å². The van der Waals surface area contributed by atoms with Crippen molar-refractivity contribution >= 4 is 5.69 Å². The van der Waals surface area contributed by atoms with E-state index in [1.807, 2.05) is 0 Å². The van der Waals surface area contributed by atoms with Crippen LogP contribution in [0.3, 0.4) is 0 Å². The Bertz CT molecular complexity index is 394. The van der Waals surface area contributed by atoms with Gasteiger partial charge < -0.3 is 15.9 Å². The van der Waals surface area contributed by atoms with Gasteiger partial charge in [0.05, 0.1) is 11.0 Å². The summed E-state index contributed by atoms with van der Waals surface area (Å²) in [6, 6.07) is 4.12. The average Bonchev–Trinajstić information content (AvgIpc) is 2.27. The molecule has 0 aliphatic rings. The lowest BCUT2D eigenvalue weighted by Gasteiger charge is -2.18. The summed E-state index contributed by atoms with van der Waals surface area (Å²) >= 11 is 0. The molecule has 0 heterocycles. The van der Waals surface area contributed by atoms with E-state index < -0.39 is 17.1 Å². The number of aliphatic hydroxyl groups excluding tert-OH is 2. The Labute approximate surface area is 92.5 Å². The van der Waals surface area contributed by atoms with E-state index in [1.165, 1.54) is 18.2 Å². The molecule has 2 unspecified atom stereocenters. The van der Waals surface area contributed by atoms with Gasteiger partial charge >= 0.3 is 0 Å². The number of hydrogen-bond donors (Lipinski definition) is 3. The second-order valence-corrected chi connectivity index (χ2v) is 3.55. The maximum absolute atomic E-state index is 10.6. The van der Waals surface area contributed by atoms with Gasteiger partial charge in [0, 0.05) is 18.7 Å². The molecule has 0 radical (unpaired) electrons. The third-order valence-corrected chi connectivity index (χ3v) is 2.40. The number of non-ortho nitro benzene ring substituents is 1. The second kappa shape index (κ2) is 5.02. The summed E-state index contributed by atoms with van der Waals surface area (Å²) in [5.41, 5.74) is 6.09. The average molecular weight is 226 g/mol. The van der Waals surface area contributed by atoms with E-state index in [2.05, 4.69) is 0 Å². The molecule has 0 fully saturated rings. The zero-order valence-corrected chi connectivity index (χ0v) is 8.83. The van der Waals surface area contributed by atoms with Crippen molar-refractivity contribution in [3.8, 4) is 0 Å². The van der Waals surface area contributed by atoms with Gasteiger partial charge in [0.2, 0.25) is 0 Å². The second-order valence-electron chi connectivity index (χ2n) is 3.55. The molecule has 1 aromatic carbocycles. The normalized spacial score (nSPS) is 14.5. The smallest absolute Gasteiger partial charge is 0.269 e. The van der Waals surface area contributed by atoms with Gasteiger partial charge in [0.25, 0.3) is 5.69 Å². The van der Waals surface area contributed by atoms with E-state index in [0.717, 1.165) is 0 Å². The maximum Gasteiger partial charge on any atom is 0.269 e. The van der Waals surface area contributed by atoms with Gasteiger partial charge in [-0.25, -0.2) is 0 Å². The van der Waals surface area contributed by atoms with Gasteiger partial charge in [0.15, 0.2) is 0 Å². The van der Waals surface area contributed by atoms with Crippen molar-refractivity contribution in [2.24, 2.45) is 5.73 Å². The minimum atomic E-state index is -1.20. The molecular formula is C10H14N2O4. The molecule has 0 aromatic heterocycles. The number of rotatable bonds is 4. The predicted molar refractivity (Wildman–Crippen MR) is 57.9 cm³/mol. The molecule has 0 saturated heterocycles. The van der Waals surface area contributed by atoms with Crippen molar-refractivity contribution in [2.75, 3.05) is 6.54 Å². The maximum atomic E-state index is 10.6. The Morgan fingerprint density at radius 3 is 2.62 bits per heavy atom. The van der Waals surface area contributed by atoms with Crippen LogP contribution < -0.4 is 5.73 Å². The monoisotopic (exact) mass is 226 g/mol. The zero-order chi connectivity index (χ0) is 12.3. The first-order valence-electron chi connectivity index (χ1n) is 4.78. The highest BCUT2D eigenvalue weighted by molar-refractivity contribution is 5.40. The molecule has 4 N–H and O–H groups in total. The molecule has 1 rings (SSSR count). The van der Waals surface area contributed by atoms with Gasteiger partial charge in [-0.15, -0.1) is 0 Å². The van der Waals surface area contributed by atoms with Crippen molar-refractivity contribution in [1.82, 2.24) is 0 Å². The molecule has 6 heteroatoms. The number of nitro benzene ring substituents is 1. The van der Waals surface area contributed by atoms with Crippen LogP contribution in [0.15, 0.2) is 18.2 Å². The van der Waals surface area contributed by atoms with Crippen LogP contribution in [0.4, 0.5) is 5.69 Å². The summed E-state index contributed by atoms with van der Waals surface area (Å²) in [4.78, 5) is 10.0. The molecule has 6 nitrogen and oxygen atoms in total. The Hall–Kier alpha value is -1.50. The standard InChI is InChI=1S/C10H14N2O4/c1-6-2-3-7(12(15)16)4-8(6)10(14)9(13)5-11/h2-4,9-10,13-14H,5,11H2,1H3. The summed E-state index contributed by atoms with van der Waals surface area (Å²) in [5.74, 6) is 0. The first-order valence-corrected chi connectivity index (χ1v) is 4.78. The minimum absolute atomic E-state index is 0.108. The first kappa shape index (κ1) is 12.6. The molecule has 1 aromatic rings. The van der Waals surface area contributed by atoms with Crippen molar-refractivity contribution in [3.05, 3.63) is 39.4 Å². The van der Waals surface area contributed by atoms with Crippen LogP contribution in [0.25, 0.3) is 0 Å². The van der Waals surface area contributed by atoms with Gasteiger partial charge in [-0.05, 0) is 18.1 Å². The summed E-state index contributed by atoms with van der Waals surface area (Å²) in [5, 5.41) is 29.7. The number of hydrogen-bond acceptors (Lipinski definition) is 5. The zero-order valence-electron chi connectivity index (χ0n) is 8.83. The Balaban J connectivity index is 3.11. The van der Waals surface area contributed by atoms with Gasteiger partial charge in [-0.3, -0.25) is 10.1 Å². The van der Waals surface area contributed by atoms with Crippen LogP contribution in [0, 0.1) is 17.0 Å². The van der Waals surface area contributed by atoms with E-state index >= 15 is 0 Å². The Morgan fingerprint density at radius 1 is 1.50 bits per heavy atom. The van der Waals surface area contributed by atoms with Crippen LogP contribution in [0.5, 0.6) is 0 Å². The highest BCUT2D eigenvalue weighted by Gasteiger charge is 2.21. The molecule has 0 amide bonds. The molecular weight excluding hydrogens is 212 g/mol. The number of nitro groups is 1. The highest BCUT2D eigenvalue weighted by atomic mass is 16.6. The predicted octanol–water partition coefficient (Wildman–Crippen LogP) is 0.256. The summed E-state index contributed by atoms with van der Waals surface area (Å²) < 4.78 is 0. The molecule has 2 atom stereocenters. The first-order chi connectivity index (χ1) is 7.47. The molecule has 0 aliphatic heterocycles. The Morgan fingerprint density at radius 2 is 2.12 bits per heavy atom. The number of nitrogens with two attached hydrogens (primary N) is 1. The molecule has 16 heavy (non-hydrogen) atoms.